The number of halogens is 1. The highest BCUT2D eigenvalue weighted by atomic mass is 35.5. The minimum atomic E-state index is -0.234. The molecule has 4 aromatic rings. The lowest BCUT2D eigenvalue weighted by Gasteiger charge is -2.09. The average Bonchev–Trinajstić information content (AvgIpc) is 3.38. The third-order valence-electron chi connectivity index (χ3n) is 5.12. The zero-order valence-corrected chi connectivity index (χ0v) is 17.9. The summed E-state index contributed by atoms with van der Waals surface area (Å²) in [5.41, 5.74) is 2.82. The van der Waals surface area contributed by atoms with Crippen molar-refractivity contribution in [2.24, 2.45) is 0 Å². The van der Waals surface area contributed by atoms with Gasteiger partial charge in [0.15, 0.2) is 11.0 Å². The molecule has 1 aliphatic carbocycles. The quantitative estimate of drug-likeness (QED) is 0.403. The highest BCUT2D eigenvalue weighted by Gasteiger charge is 2.31. The Balaban J connectivity index is 1.37. The van der Waals surface area contributed by atoms with Crippen LogP contribution < -0.4 is 5.32 Å². The van der Waals surface area contributed by atoms with Gasteiger partial charge >= 0.3 is 0 Å². The number of H-pyrrole nitrogens is 1. The van der Waals surface area contributed by atoms with E-state index < -0.39 is 0 Å². The summed E-state index contributed by atoms with van der Waals surface area (Å²) in [6.07, 6.45) is 4.10. The van der Waals surface area contributed by atoms with Gasteiger partial charge in [0.2, 0.25) is 5.91 Å². The minimum Gasteiger partial charge on any atom is -0.360 e. The molecule has 7 nitrogen and oxygen atoms in total. The summed E-state index contributed by atoms with van der Waals surface area (Å²) in [5, 5.41) is 23.1. The Kier molecular flexibility index (Phi) is 5.14. The number of hydrogen-bond acceptors (Lipinski definition) is 5. The van der Waals surface area contributed by atoms with Gasteiger partial charge in [-0.25, -0.2) is 0 Å². The number of fused-ring (bicyclic) bond motifs is 1. The molecule has 1 fully saturated rings. The first-order valence-electron chi connectivity index (χ1n) is 9.77. The van der Waals surface area contributed by atoms with E-state index in [1.165, 1.54) is 11.8 Å². The lowest BCUT2D eigenvalue weighted by Crippen LogP contribution is -2.15. The van der Waals surface area contributed by atoms with Crippen LogP contribution in [0, 0.1) is 11.3 Å². The molecule has 0 radical (unpaired) electrons. The first kappa shape index (κ1) is 19.7. The predicted octanol–water partition coefficient (Wildman–Crippen LogP) is 5.02. The third kappa shape index (κ3) is 3.90. The van der Waals surface area contributed by atoms with E-state index in [4.69, 9.17) is 11.6 Å². The second kappa shape index (κ2) is 8.10. The van der Waals surface area contributed by atoms with Crippen molar-refractivity contribution >= 4 is 45.9 Å². The first-order valence-corrected chi connectivity index (χ1v) is 11.1. The minimum absolute atomic E-state index is 0.149. The maximum absolute atomic E-state index is 12.5. The molecule has 2 aromatic heterocycles. The lowest BCUT2D eigenvalue weighted by molar-refractivity contribution is -0.113. The molecule has 1 saturated carbocycles. The SMILES string of the molecule is N#Cc1ccc(Cl)cc1NC(=O)CSc1nnc(-c2c[nH]c3ccccc23)n1C1CC1. The molecule has 154 valence electrons. The van der Waals surface area contributed by atoms with Crippen molar-refractivity contribution in [1.29, 1.82) is 5.26 Å². The van der Waals surface area contributed by atoms with Crippen LogP contribution in [0.3, 0.4) is 0 Å². The highest BCUT2D eigenvalue weighted by molar-refractivity contribution is 7.99. The fourth-order valence-corrected chi connectivity index (χ4v) is 4.49. The number of hydrogen-bond donors (Lipinski definition) is 2. The zero-order chi connectivity index (χ0) is 21.4. The molecule has 0 unspecified atom stereocenters. The number of amides is 1. The number of thioether (sulfide) groups is 1. The second-order valence-electron chi connectivity index (χ2n) is 7.29. The fraction of sp³-hybridized carbons (Fsp3) is 0.182. The fourth-order valence-electron chi connectivity index (χ4n) is 3.51. The van der Waals surface area contributed by atoms with E-state index in [1.807, 2.05) is 24.4 Å². The summed E-state index contributed by atoms with van der Waals surface area (Å²) >= 11 is 7.33. The average molecular weight is 449 g/mol. The molecule has 0 saturated heterocycles. The summed E-state index contributed by atoms with van der Waals surface area (Å²) in [4.78, 5) is 15.8. The molecule has 1 aliphatic rings. The summed E-state index contributed by atoms with van der Waals surface area (Å²) in [6, 6.07) is 15.3. The van der Waals surface area contributed by atoms with Crippen LogP contribution in [0.1, 0.15) is 24.4 Å². The zero-order valence-electron chi connectivity index (χ0n) is 16.3. The summed E-state index contributed by atoms with van der Waals surface area (Å²) in [5.74, 6) is 0.725. The Bertz CT molecular complexity index is 1330. The molecular formula is C22H17ClN6OS. The standard InChI is InChI=1S/C22H17ClN6OS/c23-14-6-5-13(10-24)19(9-14)26-20(30)12-31-22-28-27-21(29(22)15-7-8-15)17-11-25-18-4-2-1-3-16(17)18/h1-6,9,11,15,25H,7-8,12H2,(H,26,30). The number of benzene rings is 2. The van der Waals surface area contributed by atoms with Gasteiger partial charge < -0.3 is 10.3 Å². The molecule has 9 heteroatoms. The number of nitrogens with zero attached hydrogens (tertiary/aromatic N) is 4. The normalized spacial score (nSPS) is 13.3. The van der Waals surface area contributed by atoms with Gasteiger partial charge in [-0.3, -0.25) is 9.36 Å². The van der Waals surface area contributed by atoms with E-state index in [2.05, 4.69) is 37.2 Å². The maximum Gasteiger partial charge on any atom is 0.234 e. The molecule has 0 atom stereocenters. The van der Waals surface area contributed by atoms with Crippen molar-refractivity contribution in [3.05, 3.63) is 59.2 Å². The van der Waals surface area contributed by atoms with E-state index in [9.17, 15) is 10.1 Å². The number of nitriles is 1. The molecule has 2 N–H and O–H groups in total. The number of aromatic amines is 1. The van der Waals surface area contributed by atoms with Gasteiger partial charge in [-0.1, -0.05) is 41.6 Å². The summed E-state index contributed by atoms with van der Waals surface area (Å²) in [7, 11) is 0. The number of carbonyl (C=O) groups is 1. The van der Waals surface area contributed by atoms with E-state index >= 15 is 0 Å². The van der Waals surface area contributed by atoms with E-state index in [0.29, 0.717) is 27.5 Å². The molecule has 0 spiro atoms. The monoisotopic (exact) mass is 448 g/mol. The van der Waals surface area contributed by atoms with Crippen molar-refractivity contribution in [3.63, 3.8) is 0 Å². The Morgan fingerprint density at radius 2 is 2.13 bits per heavy atom. The number of carbonyl (C=O) groups excluding carboxylic acids is 1. The smallest absolute Gasteiger partial charge is 0.234 e. The molecular weight excluding hydrogens is 432 g/mol. The Morgan fingerprint density at radius 1 is 1.29 bits per heavy atom. The van der Waals surface area contributed by atoms with Gasteiger partial charge in [0.1, 0.15) is 6.07 Å². The van der Waals surface area contributed by atoms with Gasteiger partial charge in [-0.2, -0.15) is 5.26 Å². The van der Waals surface area contributed by atoms with Crippen LogP contribution in [0.2, 0.25) is 5.02 Å². The highest BCUT2D eigenvalue weighted by Crippen LogP contribution is 2.42. The van der Waals surface area contributed by atoms with Crippen LogP contribution in [-0.2, 0) is 4.79 Å². The predicted molar refractivity (Wildman–Crippen MR) is 121 cm³/mol. The Hall–Kier alpha value is -3.28. The Morgan fingerprint density at radius 3 is 2.94 bits per heavy atom. The van der Waals surface area contributed by atoms with Crippen LogP contribution in [0.5, 0.6) is 0 Å². The molecule has 5 rings (SSSR count). The molecule has 2 aromatic carbocycles. The largest absolute Gasteiger partial charge is 0.360 e. The van der Waals surface area contributed by atoms with Crippen LogP contribution in [-0.4, -0.2) is 31.4 Å². The van der Waals surface area contributed by atoms with Crippen LogP contribution in [0.25, 0.3) is 22.3 Å². The van der Waals surface area contributed by atoms with Crippen LogP contribution in [0.4, 0.5) is 5.69 Å². The van der Waals surface area contributed by atoms with Crippen LogP contribution >= 0.6 is 23.4 Å². The van der Waals surface area contributed by atoms with Crippen molar-refractivity contribution in [3.8, 4) is 17.5 Å². The maximum atomic E-state index is 12.5. The van der Waals surface area contributed by atoms with Gasteiger partial charge in [-0.05, 0) is 37.1 Å². The molecule has 2 heterocycles. The van der Waals surface area contributed by atoms with Gasteiger partial charge in [0.25, 0.3) is 0 Å². The number of nitrogens with one attached hydrogen (secondary N) is 2. The topological polar surface area (TPSA) is 99.4 Å². The first-order chi connectivity index (χ1) is 15.1. The second-order valence-corrected chi connectivity index (χ2v) is 8.67. The third-order valence-corrected chi connectivity index (χ3v) is 6.29. The van der Waals surface area contributed by atoms with Gasteiger partial charge in [0, 0.05) is 33.7 Å². The Labute approximate surface area is 187 Å². The van der Waals surface area contributed by atoms with Crippen molar-refractivity contribution in [2.75, 3.05) is 11.1 Å². The van der Waals surface area contributed by atoms with E-state index in [0.717, 1.165) is 35.1 Å². The van der Waals surface area contributed by atoms with E-state index in [1.54, 1.807) is 18.2 Å². The van der Waals surface area contributed by atoms with Gasteiger partial charge in [-0.15, -0.1) is 10.2 Å². The van der Waals surface area contributed by atoms with Crippen LogP contribution in [0.15, 0.2) is 53.8 Å². The van der Waals surface area contributed by atoms with E-state index in [-0.39, 0.29) is 11.7 Å². The molecule has 1 amide bonds. The van der Waals surface area contributed by atoms with Gasteiger partial charge in [0.05, 0.1) is 17.0 Å². The van der Waals surface area contributed by atoms with Crippen molar-refractivity contribution in [1.82, 2.24) is 19.7 Å². The van der Waals surface area contributed by atoms with Crippen molar-refractivity contribution < 1.29 is 4.79 Å². The number of anilines is 1. The molecule has 0 bridgehead atoms. The summed E-state index contributed by atoms with van der Waals surface area (Å²) < 4.78 is 2.13. The summed E-state index contributed by atoms with van der Waals surface area (Å²) in [6.45, 7) is 0. The molecule has 31 heavy (non-hydrogen) atoms. The lowest BCUT2D eigenvalue weighted by atomic mass is 10.1. The number of aromatic nitrogens is 4. The molecule has 0 aliphatic heterocycles. The number of rotatable bonds is 6. The number of para-hydroxylation sites is 1. The van der Waals surface area contributed by atoms with Crippen molar-refractivity contribution in [2.45, 2.75) is 24.0 Å².